The zero-order valence-electron chi connectivity index (χ0n) is 15.9. The topological polar surface area (TPSA) is 56.2 Å². The largest absolute Gasteiger partial charge is 0.497 e. The molecule has 0 saturated carbocycles. The Morgan fingerprint density at radius 2 is 2.04 bits per heavy atom. The minimum atomic E-state index is 0.0334. The van der Waals surface area contributed by atoms with E-state index in [0.29, 0.717) is 6.54 Å². The molecule has 0 aliphatic rings. The molecule has 1 N–H and O–H groups in total. The molecule has 2 heterocycles. The number of hydrogen-bond acceptors (Lipinski definition) is 4. The maximum Gasteiger partial charge on any atom is 0.240 e. The average Bonchev–Trinajstić information content (AvgIpc) is 3.10. The first-order valence-corrected chi connectivity index (χ1v) is 10.1. The van der Waals surface area contributed by atoms with Crippen molar-refractivity contribution in [3.63, 3.8) is 0 Å². The fourth-order valence-electron chi connectivity index (χ4n) is 2.80. The van der Waals surface area contributed by atoms with E-state index in [1.807, 2.05) is 48.1 Å². The first-order chi connectivity index (χ1) is 13.1. The normalized spacial score (nSPS) is 12.1. The lowest BCUT2D eigenvalue weighted by Crippen LogP contribution is -2.34. The van der Waals surface area contributed by atoms with Gasteiger partial charge in [-0.2, -0.15) is 0 Å². The predicted molar refractivity (Wildman–Crippen MR) is 110 cm³/mol. The Balaban J connectivity index is 1.71. The number of hydrogen-bond donors (Lipinski definition) is 1. The molecule has 1 amide bonds. The van der Waals surface area contributed by atoms with E-state index in [9.17, 15) is 4.79 Å². The highest BCUT2D eigenvalue weighted by Crippen LogP contribution is 2.29. The Kier molecular flexibility index (Phi) is 6.40. The van der Waals surface area contributed by atoms with Crippen molar-refractivity contribution in [1.82, 2.24) is 14.9 Å². The summed E-state index contributed by atoms with van der Waals surface area (Å²) < 4.78 is 7.18. The fourth-order valence-corrected chi connectivity index (χ4v) is 3.76. The Labute approximate surface area is 164 Å². The third-order valence-electron chi connectivity index (χ3n) is 4.53. The Bertz CT molecular complexity index is 905. The van der Waals surface area contributed by atoms with Crippen molar-refractivity contribution < 1.29 is 9.53 Å². The van der Waals surface area contributed by atoms with E-state index in [1.165, 1.54) is 5.56 Å². The van der Waals surface area contributed by atoms with Gasteiger partial charge in [0, 0.05) is 29.6 Å². The van der Waals surface area contributed by atoms with Crippen molar-refractivity contribution >= 4 is 28.6 Å². The molecule has 27 heavy (non-hydrogen) atoms. The molecule has 142 valence electrons. The average molecular weight is 384 g/mol. The lowest BCUT2D eigenvalue weighted by atomic mass is 10.2. The van der Waals surface area contributed by atoms with Crippen molar-refractivity contribution in [2.45, 2.75) is 43.6 Å². The molecule has 1 aromatic carbocycles. The molecule has 3 rings (SSSR count). The number of benzene rings is 1. The molecule has 0 saturated heterocycles. The minimum absolute atomic E-state index is 0.0334. The zero-order chi connectivity index (χ0) is 19.2. The maximum absolute atomic E-state index is 12.2. The minimum Gasteiger partial charge on any atom is -0.497 e. The number of pyridine rings is 1. The summed E-state index contributed by atoms with van der Waals surface area (Å²) in [5.41, 5.74) is 2.24. The van der Waals surface area contributed by atoms with Crippen molar-refractivity contribution in [2.24, 2.45) is 0 Å². The van der Waals surface area contributed by atoms with Crippen LogP contribution in [0.1, 0.15) is 25.8 Å². The van der Waals surface area contributed by atoms with E-state index >= 15 is 0 Å². The number of aromatic nitrogens is 2. The SMILES string of the molecule is CCC(C)NC(=O)Cn1ccc2c(SCc3ccc(OC)cc3)nccc21. The van der Waals surface area contributed by atoms with Gasteiger partial charge in [-0.25, -0.2) is 4.98 Å². The van der Waals surface area contributed by atoms with Crippen LogP contribution in [0.3, 0.4) is 0 Å². The number of rotatable bonds is 8. The molecule has 0 spiro atoms. The van der Waals surface area contributed by atoms with Gasteiger partial charge in [-0.15, -0.1) is 11.8 Å². The molecular weight excluding hydrogens is 358 g/mol. The van der Waals surface area contributed by atoms with E-state index in [2.05, 4.69) is 29.4 Å². The highest BCUT2D eigenvalue weighted by atomic mass is 32.2. The van der Waals surface area contributed by atoms with Gasteiger partial charge >= 0.3 is 0 Å². The summed E-state index contributed by atoms with van der Waals surface area (Å²) in [6.45, 7) is 4.40. The number of nitrogens with zero attached hydrogens (tertiary/aromatic N) is 2. The van der Waals surface area contributed by atoms with Crippen LogP contribution in [0.5, 0.6) is 5.75 Å². The smallest absolute Gasteiger partial charge is 0.240 e. The van der Waals surface area contributed by atoms with Crippen LogP contribution in [0.25, 0.3) is 10.9 Å². The molecule has 2 aromatic heterocycles. The maximum atomic E-state index is 12.2. The van der Waals surface area contributed by atoms with Crippen LogP contribution >= 0.6 is 11.8 Å². The van der Waals surface area contributed by atoms with E-state index in [-0.39, 0.29) is 11.9 Å². The second kappa shape index (κ2) is 8.95. The molecule has 5 nitrogen and oxygen atoms in total. The van der Waals surface area contributed by atoms with Gasteiger partial charge in [0.2, 0.25) is 5.91 Å². The van der Waals surface area contributed by atoms with Gasteiger partial charge in [0.1, 0.15) is 17.3 Å². The highest BCUT2D eigenvalue weighted by Gasteiger charge is 2.11. The number of methoxy groups -OCH3 is 1. The second-order valence-electron chi connectivity index (χ2n) is 6.51. The summed E-state index contributed by atoms with van der Waals surface area (Å²) >= 11 is 1.70. The number of ether oxygens (including phenoxy) is 1. The van der Waals surface area contributed by atoms with E-state index in [1.54, 1.807) is 18.9 Å². The van der Waals surface area contributed by atoms with E-state index < -0.39 is 0 Å². The molecule has 6 heteroatoms. The number of carbonyl (C=O) groups excluding carboxylic acids is 1. The number of amides is 1. The Morgan fingerprint density at radius 3 is 2.74 bits per heavy atom. The van der Waals surface area contributed by atoms with Crippen molar-refractivity contribution in [2.75, 3.05) is 7.11 Å². The van der Waals surface area contributed by atoms with Crippen LogP contribution in [-0.2, 0) is 17.1 Å². The number of nitrogens with one attached hydrogen (secondary N) is 1. The molecule has 1 unspecified atom stereocenters. The molecule has 0 bridgehead atoms. The van der Waals surface area contributed by atoms with Gasteiger partial charge in [0.05, 0.1) is 12.6 Å². The summed E-state index contributed by atoms with van der Waals surface area (Å²) in [5.74, 6) is 1.72. The van der Waals surface area contributed by atoms with E-state index in [4.69, 9.17) is 4.74 Å². The molecule has 0 aliphatic heterocycles. The lowest BCUT2D eigenvalue weighted by molar-refractivity contribution is -0.122. The highest BCUT2D eigenvalue weighted by molar-refractivity contribution is 7.98. The Morgan fingerprint density at radius 1 is 1.26 bits per heavy atom. The summed E-state index contributed by atoms with van der Waals surface area (Å²) in [6, 6.07) is 12.3. The number of thioether (sulfide) groups is 1. The van der Waals surface area contributed by atoms with Gasteiger partial charge in [0.25, 0.3) is 0 Å². The van der Waals surface area contributed by atoms with Crippen molar-refractivity contribution in [1.29, 1.82) is 0 Å². The third-order valence-corrected chi connectivity index (χ3v) is 5.61. The summed E-state index contributed by atoms with van der Waals surface area (Å²) in [7, 11) is 1.67. The second-order valence-corrected chi connectivity index (χ2v) is 7.47. The first-order valence-electron chi connectivity index (χ1n) is 9.09. The quantitative estimate of drug-likeness (QED) is 0.591. The Hall–Kier alpha value is -2.47. The van der Waals surface area contributed by atoms with Crippen molar-refractivity contribution in [3.05, 3.63) is 54.4 Å². The molecule has 1 atom stereocenters. The molecular formula is C21H25N3O2S. The van der Waals surface area contributed by atoms with Crippen LogP contribution in [0.15, 0.2) is 53.8 Å². The zero-order valence-corrected chi connectivity index (χ0v) is 16.8. The monoisotopic (exact) mass is 383 g/mol. The summed E-state index contributed by atoms with van der Waals surface area (Å²) in [4.78, 5) is 16.7. The molecule has 0 fully saturated rings. The third kappa shape index (κ3) is 4.83. The summed E-state index contributed by atoms with van der Waals surface area (Å²) in [5, 5.41) is 5.06. The standard InChI is InChI=1S/C21H25N3O2S/c1-4-15(2)23-20(25)13-24-12-10-18-19(24)9-11-22-21(18)27-14-16-5-7-17(26-3)8-6-16/h5-12,15H,4,13-14H2,1-3H3,(H,23,25). The van der Waals surface area contributed by atoms with Crippen LogP contribution in [-0.4, -0.2) is 28.6 Å². The van der Waals surface area contributed by atoms with Crippen LogP contribution in [0.2, 0.25) is 0 Å². The van der Waals surface area contributed by atoms with Gasteiger partial charge in [-0.05, 0) is 43.2 Å². The first kappa shape index (κ1) is 19.3. The van der Waals surface area contributed by atoms with Gasteiger partial charge in [-0.1, -0.05) is 19.1 Å². The molecule has 0 radical (unpaired) electrons. The van der Waals surface area contributed by atoms with E-state index in [0.717, 1.165) is 33.9 Å². The van der Waals surface area contributed by atoms with Crippen LogP contribution in [0, 0.1) is 0 Å². The summed E-state index contributed by atoms with van der Waals surface area (Å²) in [6.07, 6.45) is 4.69. The fraction of sp³-hybridized carbons (Fsp3) is 0.333. The van der Waals surface area contributed by atoms with Gasteiger partial charge < -0.3 is 14.6 Å². The predicted octanol–water partition coefficient (Wildman–Crippen LogP) is 4.25. The lowest BCUT2D eigenvalue weighted by Gasteiger charge is -2.12. The molecule has 3 aromatic rings. The number of fused-ring (bicyclic) bond motifs is 1. The number of carbonyl (C=O) groups is 1. The van der Waals surface area contributed by atoms with Gasteiger partial charge in [0.15, 0.2) is 0 Å². The molecule has 0 aliphatic carbocycles. The van der Waals surface area contributed by atoms with Crippen LogP contribution in [0.4, 0.5) is 0 Å². The van der Waals surface area contributed by atoms with Crippen LogP contribution < -0.4 is 10.1 Å². The van der Waals surface area contributed by atoms with Gasteiger partial charge in [-0.3, -0.25) is 4.79 Å². The van der Waals surface area contributed by atoms with Crippen molar-refractivity contribution in [3.8, 4) is 5.75 Å².